The smallest absolute Gasteiger partial charge is 0.290 e. The van der Waals surface area contributed by atoms with Crippen molar-refractivity contribution >= 4 is 23.1 Å². The molecule has 1 amide bonds. The van der Waals surface area contributed by atoms with Crippen LogP contribution in [-0.4, -0.2) is 30.6 Å². The third-order valence-corrected chi connectivity index (χ3v) is 8.03. The maximum absolute atomic E-state index is 13.5. The molecule has 0 radical (unpaired) electrons. The molecule has 2 N–H and O–H groups in total. The first-order valence-corrected chi connectivity index (χ1v) is 13.7. The molecule has 2 aliphatic rings. The molecular weight excluding hydrogens is 504 g/mol. The van der Waals surface area contributed by atoms with Gasteiger partial charge in [-0.2, -0.15) is 10.2 Å². The minimum Gasteiger partial charge on any atom is -0.392 e. The number of benzene rings is 2. The van der Waals surface area contributed by atoms with Crippen LogP contribution in [0.2, 0.25) is 0 Å². The Bertz CT molecular complexity index is 1680. The highest BCUT2D eigenvalue weighted by molar-refractivity contribution is 6.10. The molecule has 1 saturated carbocycles. The summed E-state index contributed by atoms with van der Waals surface area (Å²) in [4.78, 5) is 28.1. The number of aromatic nitrogens is 4. The van der Waals surface area contributed by atoms with Gasteiger partial charge in [0.1, 0.15) is 5.69 Å². The first kappa shape index (κ1) is 26.0. The molecule has 206 valence electrons. The third-order valence-electron chi connectivity index (χ3n) is 8.03. The van der Waals surface area contributed by atoms with Gasteiger partial charge in [0, 0.05) is 36.0 Å². The molecule has 6 rings (SSSR count). The van der Waals surface area contributed by atoms with E-state index >= 15 is 0 Å². The lowest BCUT2D eigenvalue weighted by atomic mass is 9.85. The summed E-state index contributed by atoms with van der Waals surface area (Å²) in [5, 5.41) is 22.8. The summed E-state index contributed by atoms with van der Waals surface area (Å²) in [6, 6.07) is 15.5. The van der Waals surface area contributed by atoms with E-state index in [1.54, 1.807) is 18.0 Å². The second kappa shape index (κ2) is 9.75. The van der Waals surface area contributed by atoms with Gasteiger partial charge in [-0.1, -0.05) is 45.0 Å². The summed E-state index contributed by atoms with van der Waals surface area (Å²) in [5.41, 5.74) is 5.19. The van der Waals surface area contributed by atoms with Crippen LogP contribution in [0.5, 0.6) is 0 Å². The lowest BCUT2D eigenvalue weighted by molar-refractivity contribution is 0.0996. The third kappa shape index (κ3) is 4.50. The van der Waals surface area contributed by atoms with Gasteiger partial charge in [-0.25, -0.2) is 4.68 Å². The number of nitrogens with one attached hydrogen (secondary N) is 1. The highest BCUT2D eigenvalue weighted by Crippen LogP contribution is 2.37. The number of nitrogens with zero attached hydrogens (tertiary/aromatic N) is 5. The number of fused-ring (bicyclic) bond motifs is 1. The molecule has 9 nitrogen and oxygen atoms in total. The van der Waals surface area contributed by atoms with Crippen molar-refractivity contribution in [2.75, 3.05) is 10.2 Å². The largest absolute Gasteiger partial charge is 0.392 e. The second-order valence-corrected chi connectivity index (χ2v) is 11.7. The Hall–Kier alpha value is -4.24. The molecule has 1 fully saturated rings. The van der Waals surface area contributed by atoms with E-state index in [0.717, 1.165) is 18.4 Å². The second-order valence-electron chi connectivity index (χ2n) is 11.7. The Balaban J connectivity index is 1.35. The van der Waals surface area contributed by atoms with Crippen LogP contribution in [0.15, 0.2) is 59.5 Å². The van der Waals surface area contributed by atoms with Crippen LogP contribution in [0.25, 0.3) is 11.3 Å². The van der Waals surface area contributed by atoms with E-state index in [4.69, 9.17) is 0 Å². The summed E-state index contributed by atoms with van der Waals surface area (Å²) in [7, 11) is 1.60. The summed E-state index contributed by atoms with van der Waals surface area (Å²) in [6.45, 7) is 6.59. The first-order chi connectivity index (χ1) is 19.1. The first-order valence-electron chi connectivity index (χ1n) is 13.7. The van der Waals surface area contributed by atoms with Gasteiger partial charge in [-0.15, -0.1) is 0 Å². The fourth-order valence-corrected chi connectivity index (χ4v) is 5.44. The van der Waals surface area contributed by atoms with Crippen molar-refractivity contribution in [1.82, 2.24) is 19.6 Å². The van der Waals surface area contributed by atoms with Gasteiger partial charge in [-0.05, 0) is 54.0 Å². The Morgan fingerprint density at radius 1 is 1.02 bits per heavy atom. The Labute approximate surface area is 233 Å². The molecule has 0 bridgehead atoms. The Morgan fingerprint density at radius 3 is 2.52 bits per heavy atom. The number of carbonyl (C=O) groups is 1. The van der Waals surface area contributed by atoms with Gasteiger partial charge in [-0.3, -0.25) is 14.3 Å². The van der Waals surface area contributed by atoms with Crippen LogP contribution in [0, 0.1) is 0 Å². The highest BCUT2D eigenvalue weighted by atomic mass is 16.3. The Morgan fingerprint density at radius 2 is 1.82 bits per heavy atom. The van der Waals surface area contributed by atoms with Crippen molar-refractivity contribution in [1.29, 1.82) is 0 Å². The Kier molecular flexibility index (Phi) is 6.34. The van der Waals surface area contributed by atoms with E-state index in [9.17, 15) is 14.7 Å². The van der Waals surface area contributed by atoms with Crippen molar-refractivity contribution in [3.8, 4) is 11.3 Å². The van der Waals surface area contributed by atoms with Gasteiger partial charge >= 0.3 is 0 Å². The van der Waals surface area contributed by atoms with Crippen LogP contribution in [-0.2, 0) is 25.6 Å². The SMILES string of the molecule is Cn1nc(-c2cccc(N3Cc4cc(C(C)(C)C)ccc4C3=O)c2CO)cc(Nc2ccn(C3CCC3)n2)c1=O. The standard InChI is InChI=1S/C31H34N6O3/c1-31(2,3)20-11-12-22-19(15-20)17-36(29(22)39)27-10-6-9-23(24(27)18-38)25-16-26(30(40)35(4)33-25)32-28-13-14-37(34-28)21-7-5-8-21/h6,9-16,21,38H,5,7-8,17-18H2,1-4H3,(H,32,34). The summed E-state index contributed by atoms with van der Waals surface area (Å²) < 4.78 is 3.22. The molecule has 3 heterocycles. The van der Waals surface area contributed by atoms with Crippen molar-refractivity contribution < 1.29 is 9.90 Å². The molecule has 0 atom stereocenters. The van der Waals surface area contributed by atoms with Crippen molar-refractivity contribution in [3.63, 3.8) is 0 Å². The zero-order valence-corrected chi connectivity index (χ0v) is 23.3. The number of hydrogen-bond acceptors (Lipinski definition) is 6. The maximum atomic E-state index is 13.5. The monoisotopic (exact) mass is 538 g/mol. The zero-order chi connectivity index (χ0) is 28.2. The molecule has 1 aliphatic carbocycles. The number of rotatable bonds is 6. The van der Waals surface area contributed by atoms with Gasteiger partial charge in [0.2, 0.25) is 0 Å². The molecule has 40 heavy (non-hydrogen) atoms. The molecule has 2 aromatic carbocycles. The molecule has 0 saturated heterocycles. The van der Waals surface area contributed by atoms with Crippen LogP contribution in [0.3, 0.4) is 0 Å². The number of aryl methyl sites for hydroxylation is 1. The normalized spacial score (nSPS) is 15.3. The lowest BCUT2D eigenvalue weighted by Crippen LogP contribution is -2.25. The molecule has 1 aliphatic heterocycles. The van der Waals surface area contributed by atoms with E-state index in [1.165, 1.54) is 16.7 Å². The molecule has 9 heteroatoms. The molecule has 0 spiro atoms. The molecule has 4 aromatic rings. The van der Waals surface area contributed by atoms with E-state index in [1.807, 2.05) is 47.3 Å². The zero-order valence-electron chi connectivity index (χ0n) is 23.3. The quantitative estimate of drug-likeness (QED) is 0.355. The fraction of sp³-hybridized carbons (Fsp3) is 0.355. The highest BCUT2D eigenvalue weighted by Gasteiger charge is 2.32. The number of aliphatic hydroxyl groups is 1. The average Bonchev–Trinajstić information content (AvgIpc) is 3.48. The molecule has 0 unspecified atom stereocenters. The average molecular weight is 539 g/mol. The summed E-state index contributed by atoms with van der Waals surface area (Å²) in [5.74, 6) is 0.493. The minimum atomic E-state index is -0.294. The number of hydrogen-bond donors (Lipinski definition) is 2. The number of anilines is 3. The molecule has 2 aromatic heterocycles. The number of amides is 1. The van der Waals surface area contributed by atoms with Crippen LogP contribution < -0.4 is 15.8 Å². The molecular formula is C31H34N6O3. The van der Waals surface area contributed by atoms with Crippen LogP contribution >= 0.6 is 0 Å². The maximum Gasteiger partial charge on any atom is 0.290 e. The topological polar surface area (TPSA) is 105 Å². The van der Waals surface area contributed by atoms with E-state index in [-0.39, 0.29) is 23.5 Å². The van der Waals surface area contributed by atoms with Gasteiger partial charge < -0.3 is 15.3 Å². The van der Waals surface area contributed by atoms with Crippen molar-refractivity contribution in [2.24, 2.45) is 7.05 Å². The van der Waals surface area contributed by atoms with Gasteiger partial charge in [0.25, 0.3) is 11.5 Å². The fourth-order valence-electron chi connectivity index (χ4n) is 5.44. The van der Waals surface area contributed by atoms with E-state index in [0.29, 0.717) is 52.2 Å². The number of carbonyl (C=O) groups excluding carboxylic acids is 1. The van der Waals surface area contributed by atoms with Crippen LogP contribution in [0.1, 0.15) is 73.1 Å². The van der Waals surface area contributed by atoms with Gasteiger partial charge in [0.05, 0.1) is 30.6 Å². The van der Waals surface area contributed by atoms with Crippen LogP contribution in [0.4, 0.5) is 17.2 Å². The van der Waals surface area contributed by atoms with E-state index < -0.39 is 0 Å². The predicted octanol–water partition coefficient (Wildman–Crippen LogP) is 5.06. The summed E-state index contributed by atoms with van der Waals surface area (Å²) in [6.07, 6.45) is 5.37. The summed E-state index contributed by atoms with van der Waals surface area (Å²) >= 11 is 0. The van der Waals surface area contributed by atoms with E-state index in [2.05, 4.69) is 42.4 Å². The van der Waals surface area contributed by atoms with Crippen molar-refractivity contribution in [2.45, 2.75) is 64.6 Å². The number of aliphatic hydroxyl groups excluding tert-OH is 1. The minimum absolute atomic E-state index is 0.0301. The van der Waals surface area contributed by atoms with Crippen molar-refractivity contribution in [3.05, 3.63) is 87.3 Å². The van der Waals surface area contributed by atoms with Gasteiger partial charge in [0.15, 0.2) is 5.82 Å². The lowest BCUT2D eigenvalue weighted by Gasteiger charge is -2.25. The predicted molar refractivity (Wildman–Crippen MR) is 155 cm³/mol.